The number of hydrogen-bond acceptors (Lipinski definition) is 8. The Hall–Kier alpha value is -3.89. The summed E-state index contributed by atoms with van der Waals surface area (Å²) in [4.78, 5) is 21.6. The zero-order chi connectivity index (χ0) is 21.5. The van der Waals surface area contributed by atoms with E-state index in [2.05, 4.69) is 30.7 Å². The predicted octanol–water partition coefficient (Wildman–Crippen LogP) is 2.07. The molecule has 0 aliphatic carbocycles. The molecule has 1 aliphatic rings. The lowest BCUT2D eigenvalue weighted by Gasteiger charge is -2.34. The first kappa shape index (κ1) is 19.1. The summed E-state index contributed by atoms with van der Waals surface area (Å²) in [6.45, 7) is 7.88. The smallest absolute Gasteiger partial charge is 0.259 e. The van der Waals surface area contributed by atoms with Crippen LogP contribution in [0.4, 0.5) is 17.6 Å². The topological polar surface area (TPSA) is 120 Å². The number of rotatable bonds is 4. The van der Waals surface area contributed by atoms with Crippen LogP contribution < -0.4 is 10.2 Å². The SMILES string of the molecule is Cc1cc(Nc2nc(N3CCN(C(=O)c4c(C)noc4C)CC3)nn3cccc23)n[nH]1. The highest BCUT2D eigenvalue weighted by Gasteiger charge is 2.28. The third kappa shape index (κ3) is 3.47. The van der Waals surface area contributed by atoms with Gasteiger partial charge < -0.3 is 19.6 Å². The molecule has 1 amide bonds. The number of carbonyl (C=O) groups excluding carboxylic acids is 1. The maximum absolute atomic E-state index is 12.9. The van der Waals surface area contributed by atoms with E-state index in [1.165, 1.54) is 0 Å². The fourth-order valence-corrected chi connectivity index (χ4v) is 3.81. The Labute approximate surface area is 178 Å². The summed E-state index contributed by atoms with van der Waals surface area (Å²) in [5.74, 6) is 2.48. The van der Waals surface area contributed by atoms with Crippen LogP contribution in [0.5, 0.6) is 0 Å². The molecule has 2 N–H and O–H groups in total. The molecule has 0 aromatic carbocycles. The normalized spacial score (nSPS) is 14.4. The van der Waals surface area contributed by atoms with Gasteiger partial charge in [-0.2, -0.15) is 10.1 Å². The number of anilines is 3. The number of hydrogen-bond donors (Lipinski definition) is 2. The van der Waals surface area contributed by atoms with Crippen molar-refractivity contribution in [2.45, 2.75) is 20.8 Å². The second-order valence-electron chi connectivity index (χ2n) is 7.64. The van der Waals surface area contributed by atoms with E-state index in [4.69, 9.17) is 9.51 Å². The minimum atomic E-state index is -0.0473. The van der Waals surface area contributed by atoms with Gasteiger partial charge in [0, 0.05) is 44.1 Å². The summed E-state index contributed by atoms with van der Waals surface area (Å²) < 4.78 is 6.95. The van der Waals surface area contributed by atoms with Crippen molar-refractivity contribution in [1.29, 1.82) is 0 Å². The van der Waals surface area contributed by atoms with Crippen LogP contribution in [0, 0.1) is 20.8 Å². The average molecular weight is 421 g/mol. The number of nitrogens with one attached hydrogen (secondary N) is 2. The number of aryl methyl sites for hydroxylation is 3. The molecule has 11 heteroatoms. The molecule has 5 heterocycles. The fourth-order valence-electron chi connectivity index (χ4n) is 3.81. The van der Waals surface area contributed by atoms with Gasteiger partial charge in [0.05, 0.1) is 5.69 Å². The van der Waals surface area contributed by atoms with Crippen LogP contribution in [0.15, 0.2) is 28.9 Å². The van der Waals surface area contributed by atoms with Crippen LogP contribution >= 0.6 is 0 Å². The first-order chi connectivity index (χ1) is 15.0. The zero-order valence-electron chi connectivity index (χ0n) is 17.6. The standard InChI is InChI=1S/C20H23N9O2/c1-12-11-16(24-23-12)21-18-15-5-4-6-29(15)25-20(22-18)28-9-7-27(8-10-28)19(30)17-13(2)26-31-14(17)3/h4-6,11H,7-10H2,1-3H3,(H2,21,22,23,24,25). The minimum Gasteiger partial charge on any atom is -0.361 e. The third-order valence-corrected chi connectivity index (χ3v) is 5.43. The highest BCUT2D eigenvalue weighted by Crippen LogP contribution is 2.23. The number of amides is 1. The third-order valence-electron chi connectivity index (χ3n) is 5.43. The van der Waals surface area contributed by atoms with Crippen molar-refractivity contribution in [3.63, 3.8) is 0 Å². The van der Waals surface area contributed by atoms with Crippen molar-refractivity contribution in [2.75, 3.05) is 36.4 Å². The monoisotopic (exact) mass is 421 g/mol. The quantitative estimate of drug-likeness (QED) is 0.514. The lowest BCUT2D eigenvalue weighted by Crippen LogP contribution is -2.49. The summed E-state index contributed by atoms with van der Waals surface area (Å²) in [6, 6.07) is 5.79. The number of fused-ring (bicyclic) bond motifs is 1. The lowest BCUT2D eigenvalue weighted by atomic mass is 10.1. The van der Waals surface area contributed by atoms with Crippen molar-refractivity contribution in [3.05, 3.63) is 47.1 Å². The van der Waals surface area contributed by atoms with Gasteiger partial charge in [-0.3, -0.25) is 9.89 Å². The van der Waals surface area contributed by atoms with E-state index in [9.17, 15) is 4.79 Å². The first-order valence-electron chi connectivity index (χ1n) is 10.1. The van der Waals surface area contributed by atoms with Gasteiger partial charge in [0.25, 0.3) is 5.91 Å². The molecule has 0 radical (unpaired) electrons. The Morgan fingerprint density at radius 2 is 2.00 bits per heavy atom. The van der Waals surface area contributed by atoms with Crippen molar-refractivity contribution < 1.29 is 9.32 Å². The van der Waals surface area contributed by atoms with E-state index in [0.29, 0.717) is 60.8 Å². The van der Waals surface area contributed by atoms with Crippen molar-refractivity contribution in [2.24, 2.45) is 0 Å². The zero-order valence-corrected chi connectivity index (χ0v) is 17.6. The maximum Gasteiger partial charge on any atom is 0.259 e. The van der Waals surface area contributed by atoms with E-state index in [-0.39, 0.29) is 5.91 Å². The average Bonchev–Trinajstić information content (AvgIpc) is 3.48. The summed E-state index contributed by atoms with van der Waals surface area (Å²) in [5, 5.41) is 19.0. The molecule has 31 heavy (non-hydrogen) atoms. The maximum atomic E-state index is 12.9. The van der Waals surface area contributed by atoms with Crippen LogP contribution in [0.3, 0.4) is 0 Å². The van der Waals surface area contributed by atoms with Crippen LogP contribution in [0.25, 0.3) is 5.52 Å². The largest absolute Gasteiger partial charge is 0.361 e. The molecule has 4 aromatic rings. The number of aromatic nitrogens is 6. The molecule has 5 rings (SSSR count). The van der Waals surface area contributed by atoms with E-state index in [1.54, 1.807) is 18.4 Å². The highest BCUT2D eigenvalue weighted by atomic mass is 16.5. The molecule has 0 unspecified atom stereocenters. The van der Waals surface area contributed by atoms with Gasteiger partial charge in [-0.15, -0.1) is 5.10 Å². The second-order valence-corrected chi connectivity index (χ2v) is 7.64. The van der Waals surface area contributed by atoms with E-state index in [1.807, 2.05) is 36.2 Å². The van der Waals surface area contributed by atoms with Gasteiger partial charge in [-0.05, 0) is 32.9 Å². The van der Waals surface area contributed by atoms with Crippen LogP contribution in [0.2, 0.25) is 0 Å². The Balaban J connectivity index is 1.35. The Morgan fingerprint density at radius 3 is 2.68 bits per heavy atom. The molecule has 4 aromatic heterocycles. The highest BCUT2D eigenvalue weighted by molar-refractivity contribution is 5.96. The van der Waals surface area contributed by atoms with Crippen molar-refractivity contribution in [1.82, 2.24) is 34.9 Å². The van der Waals surface area contributed by atoms with Gasteiger partial charge >= 0.3 is 0 Å². The number of H-pyrrole nitrogens is 1. The fraction of sp³-hybridized carbons (Fsp3) is 0.350. The molecule has 1 aliphatic heterocycles. The number of nitrogens with zero attached hydrogens (tertiary/aromatic N) is 7. The van der Waals surface area contributed by atoms with Gasteiger partial charge in [-0.1, -0.05) is 5.16 Å². The minimum absolute atomic E-state index is 0.0473. The second kappa shape index (κ2) is 7.42. The number of piperazine rings is 1. The van der Waals surface area contributed by atoms with Gasteiger partial charge in [0.1, 0.15) is 16.8 Å². The molecule has 11 nitrogen and oxygen atoms in total. The number of carbonyl (C=O) groups is 1. The molecule has 0 bridgehead atoms. The van der Waals surface area contributed by atoms with Crippen LogP contribution in [-0.4, -0.2) is 66.9 Å². The molecule has 1 saturated heterocycles. The first-order valence-corrected chi connectivity index (χ1v) is 10.1. The van der Waals surface area contributed by atoms with E-state index < -0.39 is 0 Å². The molecule has 0 atom stereocenters. The lowest BCUT2D eigenvalue weighted by molar-refractivity contribution is 0.0743. The molecule has 0 saturated carbocycles. The van der Waals surface area contributed by atoms with E-state index >= 15 is 0 Å². The summed E-state index contributed by atoms with van der Waals surface area (Å²) in [5.41, 5.74) is 2.99. The Morgan fingerprint density at radius 1 is 1.19 bits per heavy atom. The summed E-state index contributed by atoms with van der Waals surface area (Å²) in [7, 11) is 0. The molecular formula is C20H23N9O2. The van der Waals surface area contributed by atoms with Crippen LogP contribution in [-0.2, 0) is 0 Å². The Kier molecular flexibility index (Phi) is 4.57. The predicted molar refractivity (Wildman–Crippen MR) is 114 cm³/mol. The molecule has 1 fully saturated rings. The summed E-state index contributed by atoms with van der Waals surface area (Å²) in [6.07, 6.45) is 1.89. The van der Waals surface area contributed by atoms with Crippen LogP contribution in [0.1, 0.15) is 27.5 Å². The summed E-state index contributed by atoms with van der Waals surface area (Å²) >= 11 is 0. The van der Waals surface area contributed by atoms with E-state index in [0.717, 1.165) is 11.2 Å². The van der Waals surface area contributed by atoms with Crippen molar-refractivity contribution in [3.8, 4) is 0 Å². The molecule has 160 valence electrons. The van der Waals surface area contributed by atoms with Gasteiger partial charge in [0.2, 0.25) is 5.95 Å². The van der Waals surface area contributed by atoms with Gasteiger partial charge in [-0.25, -0.2) is 4.52 Å². The molecule has 0 spiro atoms. The van der Waals surface area contributed by atoms with Gasteiger partial charge in [0.15, 0.2) is 11.6 Å². The van der Waals surface area contributed by atoms with Crippen molar-refractivity contribution >= 4 is 29.0 Å². The number of aromatic amines is 1. The Bertz CT molecular complexity index is 1230. The molecular weight excluding hydrogens is 398 g/mol.